The van der Waals surface area contributed by atoms with Crippen LogP contribution in [0.15, 0.2) is 91.0 Å². The first-order valence-corrected chi connectivity index (χ1v) is 14.0. The lowest BCUT2D eigenvalue weighted by Crippen LogP contribution is -2.37. The summed E-state index contributed by atoms with van der Waals surface area (Å²) in [6, 6.07) is 32.0. The molecule has 1 nitrogen and oxygen atoms in total. The highest BCUT2D eigenvalue weighted by Crippen LogP contribution is 2.37. The van der Waals surface area contributed by atoms with Crippen molar-refractivity contribution < 1.29 is 0 Å². The minimum Gasteiger partial charge on any atom is -0.242 e. The Balaban J connectivity index is 2.09. The van der Waals surface area contributed by atoms with Crippen molar-refractivity contribution in [3.8, 4) is 33.4 Å². The topological polar surface area (TPSA) is 12.9 Å². The van der Waals surface area contributed by atoms with Gasteiger partial charge in [-0.3, -0.25) is 0 Å². The van der Waals surface area contributed by atoms with Crippen molar-refractivity contribution in [3.63, 3.8) is 0 Å². The molecular formula is C25H24NPSi. The maximum atomic E-state index is 5.23. The van der Waals surface area contributed by atoms with Crippen molar-refractivity contribution in [3.05, 3.63) is 91.0 Å². The van der Waals surface area contributed by atoms with Crippen molar-refractivity contribution in [1.82, 2.24) is 4.98 Å². The van der Waals surface area contributed by atoms with Gasteiger partial charge in [-0.15, -0.1) is 0 Å². The Bertz CT molecular complexity index is 1070. The van der Waals surface area contributed by atoms with Crippen molar-refractivity contribution in [2.75, 3.05) is 0 Å². The molecule has 0 saturated heterocycles. The molecule has 0 saturated carbocycles. The van der Waals surface area contributed by atoms with Crippen LogP contribution in [0.2, 0.25) is 19.6 Å². The van der Waals surface area contributed by atoms with Gasteiger partial charge >= 0.3 is 0 Å². The average Bonchev–Trinajstić information content (AvgIpc) is 2.74. The molecule has 138 valence electrons. The third-order valence-electron chi connectivity index (χ3n) is 4.76. The minimum absolute atomic E-state index is 1.10. The van der Waals surface area contributed by atoms with E-state index in [0.717, 1.165) is 11.1 Å². The van der Waals surface area contributed by atoms with E-state index in [1.807, 2.05) is 0 Å². The average molecular weight is 398 g/mol. The summed E-state index contributed by atoms with van der Waals surface area (Å²) in [6.07, 6.45) is 0. The second-order valence-corrected chi connectivity index (χ2v) is 14.5. The molecule has 0 amide bonds. The van der Waals surface area contributed by atoms with Crippen LogP contribution in [0.5, 0.6) is 0 Å². The van der Waals surface area contributed by atoms with Crippen LogP contribution in [0.4, 0.5) is 0 Å². The number of nitrogens with zero attached hydrogens (tertiary/aromatic N) is 1. The fourth-order valence-corrected chi connectivity index (χ4v) is 7.06. The Morgan fingerprint density at radius 2 is 1.07 bits per heavy atom. The molecule has 1 aromatic heterocycles. The molecule has 0 unspecified atom stereocenters. The van der Waals surface area contributed by atoms with Gasteiger partial charge in [-0.1, -0.05) is 111 Å². The highest BCUT2D eigenvalue weighted by atomic mass is 31.0. The summed E-state index contributed by atoms with van der Waals surface area (Å²) in [5.41, 5.74) is 7.23. The normalized spacial score (nSPS) is 11.7. The van der Waals surface area contributed by atoms with E-state index < -0.39 is 8.07 Å². The Hall–Kier alpha value is -2.54. The number of rotatable bonds is 4. The SMILES string of the molecule is C[Si](C)(C)c1pc(-c2ccccc2)nc(-c2ccccc2)c1-c1ccccc1. The predicted molar refractivity (Wildman–Crippen MR) is 126 cm³/mol. The number of hydrogen-bond donors (Lipinski definition) is 0. The van der Waals surface area contributed by atoms with Gasteiger partial charge < -0.3 is 0 Å². The summed E-state index contributed by atoms with van der Waals surface area (Å²) in [7, 11) is -0.344. The standard InChI is InChI=1S/C25H24NPSi/c1-28(2,3)25-22(19-13-7-4-8-14-19)23(20-15-9-5-10-16-20)26-24(27-25)21-17-11-6-12-18-21/h4-18H,1-3H3. The first-order valence-electron chi connectivity index (χ1n) is 9.63. The summed E-state index contributed by atoms with van der Waals surface area (Å²) >= 11 is 0. The van der Waals surface area contributed by atoms with Crippen molar-refractivity contribution in [2.45, 2.75) is 19.6 Å². The summed E-state index contributed by atoms with van der Waals surface area (Å²) < 4.78 is 0. The second kappa shape index (κ2) is 7.83. The summed E-state index contributed by atoms with van der Waals surface area (Å²) in [5, 5.41) is 0. The molecule has 4 aromatic rings. The largest absolute Gasteiger partial charge is 0.242 e. The Kier molecular flexibility index (Phi) is 5.26. The van der Waals surface area contributed by atoms with E-state index in [4.69, 9.17) is 4.98 Å². The van der Waals surface area contributed by atoms with E-state index in [9.17, 15) is 0 Å². The molecular weight excluding hydrogens is 373 g/mol. The molecule has 0 bridgehead atoms. The molecule has 0 fully saturated rings. The maximum Gasteiger partial charge on any atom is 0.0975 e. The van der Waals surface area contributed by atoms with E-state index in [1.165, 1.54) is 30.4 Å². The van der Waals surface area contributed by atoms with Gasteiger partial charge in [0.25, 0.3) is 0 Å². The highest BCUT2D eigenvalue weighted by Gasteiger charge is 2.26. The Labute approximate surface area is 170 Å². The second-order valence-electron chi connectivity index (χ2n) is 7.97. The smallest absolute Gasteiger partial charge is 0.0975 e. The molecule has 28 heavy (non-hydrogen) atoms. The van der Waals surface area contributed by atoms with Crippen LogP contribution in [-0.2, 0) is 0 Å². The number of hydrogen-bond acceptors (Lipinski definition) is 1. The summed E-state index contributed by atoms with van der Waals surface area (Å²) in [4.78, 5) is 6.78. The molecule has 3 aromatic carbocycles. The molecule has 0 radical (unpaired) electrons. The van der Waals surface area contributed by atoms with E-state index in [0.29, 0.717) is 0 Å². The van der Waals surface area contributed by atoms with Crippen molar-refractivity contribution in [2.24, 2.45) is 0 Å². The van der Waals surface area contributed by atoms with E-state index in [-0.39, 0.29) is 0 Å². The zero-order valence-electron chi connectivity index (χ0n) is 16.6. The van der Waals surface area contributed by atoms with Crippen LogP contribution in [0.1, 0.15) is 0 Å². The lowest BCUT2D eigenvalue weighted by Gasteiger charge is -2.24. The van der Waals surface area contributed by atoms with Crippen LogP contribution in [0.25, 0.3) is 33.4 Å². The summed E-state index contributed by atoms with van der Waals surface area (Å²) in [5.74, 6) is 0. The molecule has 3 heteroatoms. The monoisotopic (exact) mass is 397 g/mol. The third-order valence-corrected chi connectivity index (χ3v) is 9.80. The lowest BCUT2D eigenvalue weighted by atomic mass is 10.0. The Morgan fingerprint density at radius 1 is 0.607 bits per heavy atom. The molecule has 4 rings (SSSR count). The van der Waals surface area contributed by atoms with Gasteiger partial charge in [-0.2, -0.15) is 0 Å². The van der Waals surface area contributed by atoms with Gasteiger partial charge in [0.05, 0.1) is 19.2 Å². The molecule has 0 aliphatic rings. The molecule has 0 atom stereocenters. The molecule has 0 aliphatic carbocycles. The van der Waals surface area contributed by atoms with Crippen LogP contribution >= 0.6 is 8.19 Å². The molecule has 0 N–H and O–H groups in total. The molecule has 1 heterocycles. The molecule has 0 aliphatic heterocycles. The zero-order valence-corrected chi connectivity index (χ0v) is 18.4. The third kappa shape index (κ3) is 3.85. The van der Waals surface area contributed by atoms with Gasteiger partial charge in [0.2, 0.25) is 0 Å². The van der Waals surface area contributed by atoms with Gasteiger partial charge in [-0.25, -0.2) is 4.98 Å². The minimum atomic E-state index is -1.59. The zero-order chi connectivity index (χ0) is 19.6. The van der Waals surface area contributed by atoms with Crippen molar-refractivity contribution >= 4 is 21.2 Å². The highest BCUT2D eigenvalue weighted by molar-refractivity contribution is 7.44. The van der Waals surface area contributed by atoms with Gasteiger partial charge in [0.15, 0.2) is 0 Å². The first-order chi connectivity index (χ1) is 13.5. The van der Waals surface area contributed by atoms with E-state index >= 15 is 0 Å². The van der Waals surface area contributed by atoms with E-state index in [1.54, 1.807) is 4.92 Å². The molecule has 0 spiro atoms. The van der Waals surface area contributed by atoms with Crippen LogP contribution in [-0.4, -0.2) is 13.1 Å². The van der Waals surface area contributed by atoms with Gasteiger partial charge in [0.1, 0.15) is 0 Å². The van der Waals surface area contributed by atoms with Gasteiger partial charge in [0, 0.05) is 16.7 Å². The predicted octanol–water partition coefficient (Wildman–Crippen LogP) is 7.21. The lowest BCUT2D eigenvalue weighted by molar-refractivity contribution is 1.37. The van der Waals surface area contributed by atoms with Crippen LogP contribution in [0.3, 0.4) is 0 Å². The first kappa shape index (κ1) is 18.8. The van der Waals surface area contributed by atoms with Crippen LogP contribution < -0.4 is 4.92 Å². The quantitative estimate of drug-likeness (QED) is 0.332. The van der Waals surface area contributed by atoms with Crippen LogP contribution in [0, 0.1) is 0 Å². The fraction of sp³-hybridized carbons (Fsp3) is 0.120. The number of benzene rings is 3. The maximum absolute atomic E-state index is 5.23. The van der Waals surface area contributed by atoms with E-state index in [2.05, 4.69) is 111 Å². The Morgan fingerprint density at radius 3 is 1.57 bits per heavy atom. The van der Waals surface area contributed by atoms with Gasteiger partial charge in [-0.05, 0) is 18.7 Å². The van der Waals surface area contributed by atoms with Crippen molar-refractivity contribution in [1.29, 1.82) is 0 Å². The fourth-order valence-electron chi connectivity index (χ4n) is 3.40. The number of aromatic nitrogens is 1. The summed E-state index contributed by atoms with van der Waals surface area (Å²) in [6.45, 7) is 7.32.